The van der Waals surface area contributed by atoms with Crippen LogP contribution in [0.2, 0.25) is 0 Å². The smallest absolute Gasteiger partial charge is 0.219 e. The Morgan fingerprint density at radius 3 is 2.12 bits per heavy atom. The third-order valence-electron chi connectivity index (χ3n) is 4.57. The summed E-state index contributed by atoms with van der Waals surface area (Å²) in [5.41, 5.74) is 2.21. The lowest BCUT2D eigenvalue weighted by atomic mass is 9.95. The van der Waals surface area contributed by atoms with E-state index in [1.165, 1.54) is 0 Å². The van der Waals surface area contributed by atoms with Crippen molar-refractivity contribution in [3.05, 3.63) is 95.3 Å². The van der Waals surface area contributed by atoms with Gasteiger partial charge in [-0.1, -0.05) is 60.7 Å². The molecule has 0 aliphatic heterocycles. The van der Waals surface area contributed by atoms with Gasteiger partial charge in [-0.3, -0.25) is 4.79 Å². The molecule has 1 aromatic heterocycles. The molecule has 3 N–H and O–H groups in total. The maximum absolute atomic E-state index is 12.5. The SMILES string of the molecule is CC(Cc1ccc(C(=O)c2ccccc2)[nH]1)(c1ccccc1)S(N)(=O)=O. The highest BCUT2D eigenvalue weighted by atomic mass is 32.2. The van der Waals surface area contributed by atoms with E-state index in [0.717, 1.165) is 0 Å². The summed E-state index contributed by atoms with van der Waals surface area (Å²) in [4.78, 5) is 15.6. The number of primary sulfonamides is 1. The number of H-pyrrole nitrogens is 1. The van der Waals surface area contributed by atoms with Crippen molar-refractivity contribution in [3.8, 4) is 0 Å². The number of sulfonamides is 1. The molecule has 0 amide bonds. The number of carbonyl (C=O) groups is 1. The molecular formula is C20H20N2O3S. The number of carbonyl (C=O) groups excluding carboxylic acids is 1. The summed E-state index contributed by atoms with van der Waals surface area (Å²) in [7, 11) is -3.88. The molecule has 0 saturated carbocycles. The van der Waals surface area contributed by atoms with Crippen LogP contribution in [-0.4, -0.2) is 19.2 Å². The van der Waals surface area contributed by atoms with Crippen LogP contribution in [0.25, 0.3) is 0 Å². The molecule has 2 aromatic carbocycles. The van der Waals surface area contributed by atoms with Crippen LogP contribution >= 0.6 is 0 Å². The third-order valence-corrected chi connectivity index (χ3v) is 6.20. The minimum atomic E-state index is -3.88. The van der Waals surface area contributed by atoms with Gasteiger partial charge in [0.15, 0.2) is 0 Å². The molecule has 0 aliphatic carbocycles. The predicted octanol–water partition coefficient (Wildman–Crippen LogP) is 2.99. The van der Waals surface area contributed by atoms with Gasteiger partial charge in [-0.05, 0) is 24.6 Å². The van der Waals surface area contributed by atoms with Crippen LogP contribution in [0, 0.1) is 0 Å². The van der Waals surface area contributed by atoms with E-state index in [1.54, 1.807) is 67.6 Å². The van der Waals surface area contributed by atoms with Crippen LogP contribution in [0.15, 0.2) is 72.8 Å². The largest absolute Gasteiger partial charge is 0.356 e. The van der Waals surface area contributed by atoms with Crippen molar-refractivity contribution in [2.45, 2.75) is 18.1 Å². The molecule has 0 saturated heterocycles. The van der Waals surface area contributed by atoms with E-state index in [0.29, 0.717) is 22.5 Å². The second kappa shape index (κ2) is 6.90. The van der Waals surface area contributed by atoms with E-state index in [-0.39, 0.29) is 12.2 Å². The summed E-state index contributed by atoms with van der Waals surface area (Å²) in [6, 6.07) is 21.1. The van der Waals surface area contributed by atoms with Crippen molar-refractivity contribution in [2.75, 3.05) is 0 Å². The molecule has 0 radical (unpaired) electrons. The Hall–Kier alpha value is -2.70. The minimum Gasteiger partial charge on any atom is -0.356 e. The fraction of sp³-hybridized carbons (Fsp3) is 0.150. The van der Waals surface area contributed by atoms with Crippen molar-refractivity contribution < 1.29 is 13.2 Å². The molecule has 1 heterocycles. The predicted molar refractivity (Wildman–Crippen MR) is 101 cm³/mol. The van der Waals surface area contributed by atoms with Crippen LogP contribution in [-0.2, 0) is 21.2 Å². The van der Waals surface area contributed by atoms with Crippen LogP contribution in [0.5, 0.6) is 0 Å². The Morgan fingerprint density at radius 2 is 1.54 bits per heavy atom. The van der Waals surface area contributed by atoms with E-state index in [1.807, 2.05) is 12.1 Å². The lowest BCUT2D eigenvalue weighted by Gasteiger charge is -2.27. The minimum absolute atomic E-state index is 0.137. The maximum atomic E-state index is 12.5. The van der Waals surface area contributed by atoms with Gasteiger partial charge in [0.1, 0.15) is 4.75 Å². The van der Waals surface area contributed by atoms with E-state index in [2.05, 4.69) is 4.98 Å². The molecule has 134 valence electrons. The summed E-state index contributed by atoms with van der Waals surface area (Å²) in [5.74, 6) is -0.145. The van der Waals surface area contributed by atoms with Crippen LogP contribution < -0.4 is 5.14 Å². The van der Waals surface area contributed by atoms with Crippen LogP contribution in [0.4, 0.5) is 0 Å². The highest BCUT2D eigenvalue weighted by Gasteiger charge is 2.39. The summed E-state index contributed by atoms with van der Waals surface area (Å²) >= 11 is 0. The zero-order chi connectivity index (χ0) is 18.8. The first kappa shape index (κ1) is 18.1. The number of nitrogens with one attached hydrogen (secondary N) is 1. The number of ketones is 1. The standard InChI is InChI=1S/C20H20N2O3S/c1-20(26(21,24)25,16-10-6-3-7-11-16)14-17-12-13-18(22-17)19(23)15-8-4-2-5-9-15/h2-13,22H,14H2,1H3,(H2,21,24,25). The normalized spacial score (nSPS) is 13.9. The summed E-state index contributed by atoms with van der Waals surface area (Å²) in [6.07, 6.45) is 0.137. The van der Waals surface area contributed by atoms with Gasteiger partial charge in [0, 0.05) is 17.7 Å². The lowest BCUT2D eigenvalue weighted by molar-refractivity contribution is 0.103. The van der Waals surface area contributed by atoms with Crippen molar-refractivity contribution in [2.24, 2.45) is 5.14 Å². The van der Waals surface area contributed by atoms with Crippen molar-refractivity contribution in [1.29, 1.82) is 0 Å². The molecule has 0 fully saturated rings. The molecule has 0 bridgehead atoms. The van der Waals surface area contributed by atoms with Crippen molar-refractivity contribution in [1.82, 2.24) is 4.98 Å². The van der Waals surface area contributed by atoms with Crippen molar-refractivity contribution >= 4 is 15.8 Å². The first-order valence-corrected chi connectivity index (χ1v) is 9.71. The number of hydrogen-bond donors (Lipinski definition) is 2. The summed E-state index contributed by atoms with van der Waals surface area (Å²) < 4.78 is 23.3. The highest BCUT2D eigenvalue weighted by molar-refractivity contribution is 7.90. The van der Waals surface area contributed by atoms with E-state index < -0.39 is 14.8 Å². The molecule has 26 heavy (non-hydrogen) atoms. The third kappa shape index (κ3) is 3.47. The molecule has 1 atom stereocenters. The average molecular weight is 368 g/mol. The van der Waals surface area contributed by atoms with Crippen LogP contribution in [0.3, 0.4) is 0 Å². The van der Waals surface area contributed by atoms with E-state index >= 15 is 0 Å². The van der Waals surface area contributed by atoms with Gasteiger partial charge in [0.25, 0.3) is 0 Å². The Bertz CT molecular complexity index is 1010. The van der Waals surface area contributed by atoms with Gasteiger partial charge in [0.05, 0.1) is 5.69 Å². The molecule has 3 aromatic rings. The second-order valence-electron chi connectivity index (χ2n) is 6.41. The average Bonchev–Trinajstić information content (AvgIpc) is 3.10. The highest BCUT2D eigenvalue weighted by Crippen LogP contribution is 2.32. The monoisotopic (exact) mass is 368 g/mol. The quantitative estimate of drug-likeness (QED) is 0.655. The Kier molecular flexibility index (Phi) is 4.80. The topological polar surface area (TPSA) is 93.0 Å². The molecule has 0 spiro atoms. The molecule has 3 rings (SSSR count). The van der Waals surface area contributed by atoms with Crippen molar-refractivity contribution in [3.63, 3.8) is 0 Å². The van der Waals surface area contributed by atoms with Crippen LogP contribution in [0.1, 0.15) is 34.2 Å². The molecule has 5 nitrogen and oxygen atoms in total. The Labute approximate surface area is 152 Å². The molecule has 1 unspecified atom stereocenters. The number of benzene rings is 2. The fourth-order valence-electron chi connectivity index (χ4n) is 2.94. The Balaban J connectivity index is 1.93. The number of hydrogen-bond acceptors (Lipinski definition) is 3. The van der Waals surface area contributed by atoms with Gasteiger partial charge in [0.2, 0.25) is 15.8 Å². The number of rotatable bonds is 6. The number of aromatic amines is 1. The van der Waals surface area contributed by atoms with Gasteiger partial charge < -0.3 is 4.98 Å². The first-order chi connectivity index (χ1) is 12.3. The molecular weight excluding hydrogens is 348 g/mol. The lowest BCUT2D eigenvalue weighted by Crippen LogP contribution is -2.40. The van der Waals surface area contributed by atoms with Gasteiger partial charge in [-0.25, -0.2) is 13.6 Å². The number of nitrogens with two attached hydrogens (primary N) is 1. The molecule has 6 heteroatoms. The summed E-state index contributed by atoms with van der Waals surface area (Å²) in [5, 5.41) is 5.54. The first-order valence-electron chi connectivity index (χ1n) is 8.17. The van der Waals surface area contributed by atoms with Gasteiger partial charge >= 0.3 is 0 Å². The van der Waals surface area contributed by atoms with E-state index in [9.17, 15) is 13.2 Å². The number of aromatic nitrogens is 1. The van der Waals surface area contributed by atoms with Gasteiger partial charge in [-0.2, -0.15) is 0 Å². The van der Waals surface area contributed by atoms with Gasteiger partial charge in [-0.15, -0.1) is 0 Å². The molecule has 0 aliphatic rings. The Morgan fingerprint density at radius 1 is 0.962 bits per heavy atom. The summed E-state index contributed by atoms with van der Waals surface area (Å²) in [6.45, 7) is 1.59. The zero-order valence-electron chi connectivity index (χ0n) is 14.3. The van der Waals surface area contributed by atoms with E-state index in [4.69, 9.17) is 5.14 Å². The maximum Gasteiger partial charge on any atom is 0.219 e. The zero-order valence-corrected chi connectivity index (χ0v) is 15.2. The fourth-order valence-corrected chi connectivity index (χ4v) is 3.76. The second-order valence-corrected chi connectivity index (χ2v) is 8.40.